The molecule has 1 aliphatic heterocycles. The van der Waals surface area contributed by atoms with E-state index in [4.69, 9.17) is 5.73 Å². The van der Waals surface area contributed by atoms with E-state index in [-0.39, 0.29) is 23.7 Å². The molecule has 0 radical (unpaired) electrons. The molecule has 2 N–H and O–H groups in total. The number of amides is 1. The number of likely N-dealkylation sites (tertiary alicyclic amines) is 1. The highest BCUT2D eigenvalue weighted by molar-refractivity contribution is 5.85. The Hall–Kier alpha value is -1.06. The van der Waals surface area contributed by atoms with Crippen LogP contribution in [-0.4, -0.2) is 30.4 Å². The fraction of sp³-hybridized carbons (Fsp3) is 0.588. The minimum absolute atomic E-state index is 0. The van der Waals surface area contributed by atoms with Crippen LogP contribution in [-0.2, 0) is 11.2 Å². The predicted molar refractivity (Wildman–Crippen MR) is 89.8 cm³/mol. The van der Waals surface area contributed by atoms with Gasteiger partial charge in [-0.05, 0) is 49.8 Å². The number of aryl methyl sites for hydroxylation is 3. The van der Waals surface area contributed by atoms with E-state index in [0.29, 0.717) is 13.0 Å². The maximum atomic E-state index is 12.3. The Morgan fingerprint density at radius 3 is 2.67 bits per heavy atom. The Bertz CT molecular complexity index is 504. The molecule has 118 valence electrons. The van der Waals surface area contributed by atoms with Gasteiger partial charge in [-0.1, -0.05) is 30.7 Å². The average molecular weight is 311 g/mol. The number of hydrogen-bond donors (Lipinski definition) is 1. The molecule has 21 heavy (non-hydrogen) atoms. The summed E-state index contributed by atoms with van der Waals surface area (Å²) in [6.45, 7) is 8.72. The van der Waals surface area contributed by atoms with Crippen molar-refractivity contribution in [3.8, 4) is 0 Å². The zero-order chi connectivity index (χ0) is 14.8. The van der Waals surface area contributed by atoms with Gasteiger partial charge >= 0.3 is 0 Å². The van der Waals surface area contributed by atoms with Crippen LogP contribution in [0.15, 0.2) is 18.2 Å². The van der Waals surface area contributed by atoms with E-state index in [1.54, 1.807) is 0 Å². The number of halogens is 1. The highest BCUT2D eigenvalue weighted by Crippen LogP contribution is 2.29. The van der Waals surface area contributed by atoms with E-state index >= 15 is 0 Å². The van der Waals surface area contributed by atoms with Gasteiger partial charge in [0.05, 0.1) is 0 Å². The lowest BCUT2D eigenvalue weighted by atomic mass is 9.90. The quantitative estimate of drug-likeness (QED) is 0.929. The molecule has 1 aromatic carbocycles. The van der Waals surface area contributed by atoms with Crippen molar-refractivity contribution in [2.45, 2.75) is 40.0 Å². The van der Waals surface area contributed by atoms with Gasteiger partial charge in [0, 0.05) is 19.5 Å². The van der Waals surface area contributed by atoms with Crippen molar-refractivity contribution in [2.75, 3.05) is 19.6 Å². The zero-order valence-corrected chi connectivity index (χ0v) is 14.1. The molecule has 2 rings (SSSR count). The normalized spacial score (nSPS) is 21.2. The molecule has 1 saturated heterocycles. The molecule has 0 aliphatic carbocycles. The van der Waals surface area contributed by atoms with E-state index in [1.165, 1.54) is 16.7 Å². The number of nitrogens with two attached hydrogens (primary N) is 1. The van der Waals surface area contributed by atoms with Crippen molar-refractivity contribution < 1.29 is 4.79 Å². The summed E-state index contributed by atoms with van der Waals surface area (Å²) in [6, 6.07) is 6.45. The molecule has 0 saturated carbocycles. The van der Waals surface area contributed by atoms with Crippen LogP contribution in [0.4, 0.5) is 0 Å². The third-order valence-corrected chi connectivity index (χ3v) is 4.51. The maximum absolute atomic E-state index is 12.3. The summed E-state index contributed by atoms with van der Waals surface area (Å²) in [6.07, 6.45) is 2.46. The van der Waals surface area contributed by atoms with Crippen molar-refractivity contribution in [1.29, 1.82) is 0 Å². The molecule has 1 aliphatic rings. The van der Waals surface area contributed by atoms with Crippen LogP contribution in [0.1, 0.15) is 36.5 Å². The lowest BCUT2D eigenvalue weighted by Crippen LogP contribution is -2.34. The lowest BCUT2D eigenvalue weighted by molar-refractivity contribution is -0.130. The molecule has 3 nitrogen and oxygen atoms in total. The molecule has 1 aromatic rings. The van der Waals surface area contributed by atoms with Gasteiger partial charge in [-0.25, -0.2) is 0 Å². The smallest absolute Gasteiger partial charge is 0.222 e. The Balaban J connectivity index is 0.00000220. The van der Waals surface area contributed by atoms with Crippen molar-refractivity contribution in [3.63, 3.8) is 0 Å². The fourth-order valence-corrected chi connectivity index (χ4v) is 2.93. The summed E-state index contributed by atoms with van der Waals surface area (Å²) in [5.74, 6) is 0.266. The topological polar surface area (TPSA) is 46.3 Å². The molecule has 0 spiro atoms. The molecule has 0 aromatic heterocycles. The Morgan fingerprint density at radius 1 is 1.38 bits per heavy atom. The third kappa shape index (κ3) is 4.45. The van der Waals surface area contributed by atoms with Crippen molar-refractivity contribution in [3.05, 3.63) is 34.9 Å². The van der Waals surface area contributed by atoms with Gasteiger partial charge in [-0.15, -0.1) is 12.4 Å². The summed E-state index contributed by atoms with van der Waals surface area (Å²) in [5.41, 5.74) is 9.75. The largest absolute Gasteiger partial charge is 0.342 e. The summed E-state index contributed by atoms with van der Waals surface area (Å²) < 4.78 is 0. The molecule has 1 unspecified atom stereocenters. The van der Waals surface area contributed by atoms with Gasteiger partial charge in [0.2, 0.25) is 5.91 Å². The Labute approximate surface area is 134 Å². The highest BCUT2D eigenvalue weighted by atomic mass is 35.5. The molecular weight excluding hydrogens is 284 g/mol. The monoisotopic (exact) mass is 310 g/mol. The van der Waals surface area contributed by atoms with Gasteiger partial charge in [0.25, 0.3) is 0 Å². The molecule has 4 heteroatoms. The summed E-state index contributed by atoms with van der Waals surface area (Å²) >= 11 is 0. The van der Waals surface area contributed by atoms with E-state index in [9.17, 15) is 4.79 Å². The fourth-order valence-electron chi connectivity index (χ4n) is 2.93. The zero-order valence-electron chi connectivity index (χ0n) is 13.3. The maximum Gasteiger partial charge on any atom is 0.222 e. The number of benzene rings is 1. The van der Waals surface area contributed by atoms with Crippen molar-refractivity contribution >= 4 is 18.3 Å². The first-order valence-corrected chi connectivity index (χ1v) is 7.47. The average Bonchev–Trinajstić information content (AvgIpc) is 2.81. The molecule has 1 fully saturated rings. The number of carbonyl (C=O) groups excluding carboxylic acids is 1. The van der Waals surface area contributed by atoms with E-state index < -0.39 is 0 Å². The minimum Gasteiger partial charge on any atom is -0.342 e. The lowest BCUT2D eigenvalue weighted by Gasteiger charge is -2.22. The van der Waals surface area contributed by atoms with Crippen LogP contribution in [0, 0.1) is 19.3 Å². The SMILES string of the molecule is Cc1ccc(CCC(=O)N2CCC(C)(CN)C2)c(C)c1.Cl. The summed E-state index contributed by atoms with van der Waals surface area (Å²) in [4.78, 5) is 14.3. The first kappa shape index (κ1) is 18.0. The first-order valence-electron chi connectivity index (χ1n) is 7.47. The Morgan fingerprint density at radius 2 is 2.10 bits per heavy atom. The summed E-state index contributed by atoms with van der Waals surface area (Å²) in [7, 11) is 0. The van der Waals surface area contributed by atoms with E-state index in [2.05, 4.69) is 39.0 Å². The highest BCUT2D eigenvalue weighted by Gasteiger charge is 2.34. The van der Waals surface area contributed by atoms with Crippen LogP contribution < -0.4 is 5.73 Å². The van der Waals surface area contributed by atoms with Gasteiger partial charge in [-0.2, -0.15) is 0 Å². The van der Waals surface area contributed by atoms with Gasteiger partial charge in [-0.3, -0.25) is 4.79 Å². The number of nitrogens with zero attached hydrogens (tertiary/aromatic N) is 1. The molecule has 0 bridgehead atoms. The predicted octanol–water partition coefficient (Wildman–Crippen LogP) is 2.86. The Kier molecular flexibility index (Phi) is 6.24. The number of hydrogen-bond acceptors (Lipinski definition) is 2. The van der Waals surface area contributed by atoms with Crippen molar-refractivity contribution in [1.82, 2.24) is 4.90 Å². The van der Waals surface area contributed by atoms with Crippen LogP contribution in [0.2, 0.25) is 0 Å². The van der Waals surface area contributed by atoms with Crippen LogP contribution in [0.3, 0.4) is 0 Å². The van der Waals surface area contributed by atoms with Crippen LogP contribution >= 0.6 is 12.4 Å². The summed E-state index contributed by atoms with van der Waals surface area (Å²) in [5, 5.41) is 0. The van der Waals surface area contributed by atoms with Crippen molar-refractivity contribution in [2.24, 2.45) is 11.1 Å². The first-order chi connectivity index (χ1) is 9.43. The minimum atomic E-state index is 0. The van der Waals surface area contributed by atoms with E-state index in [0.717, 1.165) is 25.9 Å². The molecule has 1 heterocycles. The second-order valence-corrected chi connectivity index (χ2v) is 6.51. The van der Waals surface area contributed by atoms with Crippen LogP contribution in [0.5, 0.6) is 0 Å². The van der Waals surface area contributed by atoms with Crippen LogP contribution in [0.25, 0.3) is 0 Å². The second-order valence-electron chi connectivity index (χ2n) is 6.51. The van der Waals surface area contributed by atoms with E-state index in [1.807, 2.05) is 4.90 Å². The second kappa shape index (κ2) is 7.28. The van der Waals surface area contributed by atoms with Gasteiger partial charge in [0.15, 0.2) is 0 Å². The molecule has 1 atom stereocenters. The number of carbonyl (C=O) groups is 1. The standard InChI is InChI=1S/C17H26N2O.ClH/c1-13-4-5-15(14(2)10-13)6-7-16(20)19-9-8-17(3,11-18)12-19;/h4-5,10H,6-9,11-12,18H2,1-3H3;1H. The number of rotatable bonds is 4. The molecule has 1 amide bonds. The molecular formula is C17H27ClN2O. The third-order valence-electron chi connectivity index (χ3n) is 4.51. The van der Waals surface area contributed by atoms with Gasteiger partial charge < -0.3 is 10.6 Å². The van der Waals surface area contributed by atoms with Gasteiger partial charge in [0.1, 0.15) is 0 Å².